The molecule has 0 aliphatic rings. The van der Waals surface area contributed by atoms with Gasteiger partial charge in [0.2, 0.25) is 0 Å². The molecule has 4 heteroatoms. The molecule has 5 N–H and O–H groups in total. The van der Waals surface area contributed by atoms with Crippen molar-refractivity contribution < 1.29 is 4.39 Å². The molecule has 64 valence electrons. The maximum Gasteiger partial charge on any atom is 0.140 e. The number of nitrogens with zero attached hydrogens (tertiary/aromatic N) is 1. The third-order valence-electron chi connectivity index (χ3n) is 1.39. The second-order valence-electron chi connectivity index (χ2n) is 2.13. The largest absolute Gasteiger partial charge is 0.344 e. The van der Waals surface area contributed by atoms with Crippen LogP contribution in [0.3, 0.4) is 0 Å². The fourth-order valence-corrected chi connectivity index (χ4v) is 0.785. The van der Waals surface area contributed by atoms with Crippen molar-refractivity contribution in [3.05, 3.63) is 35.1 Å². The average molecular weight is 167 g/mol. The Hall–Kier alpha value is -1.44. The van der Waals surface area contributed by atoms with Crippen molar-refractivity contribution in [2.45, 2.75) is 6.54 Å². The van der Waals surface area contributed by atoms with Gasteiger partial charge in [-0.25, -0.2) is 4.39 Å². The van der Waals surface area contributed by atoms with Crippen LogP contribution >= 0.6 is 0 Å². The molecule has 12 heavy (non-hydrogen) atoms. The lowest BCUT2D eigenvalue weighted by Crippen LogP contribution is -1.97. The summed E-state index contributed by atoms with van der Waals surface area (Å²) in [6.07, 6.45) is 0. The molecule has 0 radical (unpaired) electrons. The van der Waals surface area contributed by atoms with Crippen molar-refractivity contribution in [3.8, 4) is 6.07 Å². The van der Waals surface area contributed by atoms with E-state index in [1.54, 1.807) is 12.1 Å². The maximum absolute atomic E-state index is 12.6. The summed E-state index contributed by atoms with van der Waals surface area (Å²) in [7, 11) is 0. The van der Waals surface area contributed by atoms with E-state index in [1.165, 1.54) is 12.1 Å². The van der Waals surface area contributed by atoms with Crippen LogP contribution in [0.5, 0.6) is 0 Å². The van der Waals surface area contributed by atoms with E-state index in [1.807, 2.05) is 0 Å². The third kappa shape index (κ3) is 2.02. The van der Waals surface area contributed by atoms with Crippen LogP contribution < -0.4 is 11.9 Å². The molecule has 1 aromatic carbocycles. The van der Waals surface area contributed by atoms with E-state index in [2.05, 4.69) is 0 Å². The lowest BCUT2D eigenvalue weighted by molar-refractivity contribution is 0.623. The minimum Gasteiger partial charge on any atom is -0.344 e. The number of hydrogen-bond donors (Lipinski definition) is 2. The molecule has 0 bridgehead atoms. The van der Waals surface area contributed by atoms with Crippen LogP contribution in [-0.4, -0.2) is 0 Å². The minimum absolute atomic E-state index is 0. The fourth-order valence-electron chi connectivity index (χ4n) is 0.785. The van der Waals surface area contributed by atoms with Gasteiger partial charge in [0.1, 0.15) is 11.9 Å². The summed E-state index contributed by atoms with van der Waals surface area (Å²) in [4.78, 5) is 0. The monoisotopic (exact) mass is 167 g/mol. The van der Waals surface area contributed by atoms with E-state index in [0.717, 1.165) is 5.56 Å². The van der Waals surface area contributed by atoms with Crippen molar-refractivity contribution in [2.24, 2.45) is 5.73 Å². The lowest BCUT2D eigenvalue weighted by Gasteiger charge is -1.96. The molecular weight excluding hydrogens is 157 g/mol. The molecule has 0 atom stereocenters. The quantitative estimate of drug-likeness (QED) is 0.661. The van der Waals surface area contributed by atoms with E-state index in [-0.39, 0.29) is 11.7 Å². The molecule has 0 saturated heterocycles. The van der Waals surface area contributed by atoms with Crippen molar-refractivity contribution >= 4 is 0 Å². The topological polar surface area (TPSA) is 84.8 Å². The van der Waals surface area contributed by atoms with Crippen LogP contribution in [0.15, 0.2) is 18.2 Å². The van der Waals surface area contributed by atoms with Gasteiger partial charge in [-0.2, -0.15) is 5.26 Å². The highest BCUT2D eigenvalue weighted by Crippen LogP contribution is 2.08. The van der Waals surface area contributed by atoms with Gasteiger partial charge < -0.3 is 11.9 Å². The number of halogens is 1. The summed E-state index contributed by atoms with van der Waals surface area (Å²) in [5.41, 5.74) is 6.11. The van der Waals surface area contributed by atoms with Crippen LogP contribution in [0, 0.1) is 17.1 Å². The molecule has 3 nitrogen and oxygen atoms in total. The smallest absolute Gasteiger partial charge is 0.140 e. The predicted molar refractivity (Wildman–Crippen MR) is 44.0 cm³/mol. The first-order valence-electron chi connectivity index (χ1n) is 3.16. The fraction of sp³-hybridized carbons (Fsp3) is 0.125. The Morgan fingerprint density at radius 3 is 2.67 bits per heavy atom. The summed E-state index contributed by atoms with van der Waals surface area (Å²) in [6, 6.07) is 6.01. The molecule has 1 rings (SSSR count). The molecule has 0 heterocycles. The van der Waals surface area contributed by atoms with Gasteiger partial charge in [0, 0.05) is 6.54 Å². The third-order valence-corrected chi connectivity index (χ3v) is 1.39. The lowest BCUT2D eigenvalue weighted by atomic mass is 10.1. The van der Waals surface area contributed by atoms with Gasteiger partial charge >= 0.3 is 0 Å². The van der Waals surface area contributed by atoms with Crippen molar-refractivity contribution in [1.29, 1.82) is 5.26 Å². The van der Waals surface area contributed by atoms with Gasteiger partial charge in [-0.05, 0) is 17.7 Å². The molecule has 0 spiro atoms. The Morgan fingerprint density at radius 1 is 1.50 bits per heavy atom. The number of hydrogen-bond acceptors (Lipinski definition) is 3. The summed E-state index contributed by atoms with van der Waals surface area (Å²) >= 11 is 0. The zero-order chi connectivity index (χ0) is 8.27. The number of benzene rings is 1. The maximum atomic E-state index is 12.6. The van der Waals surface area contributed by atoms with E-state index < -0.39 is 5.82 Å². The number of rotatable bonds is 1. The summed E-state index contributed by atoms with van der Waals surface area (Å²) < 4.78 is 12.6. The normalized spacial score (nSPS) is 8.42. The van der Waals surface area contributed by atoms with Gasteiger partial charge in [0.25, 0.3) is 0 Å². The molecule has 0 fully saturated rings. The van der Waals surface area contributed by atoms with Gasteiger partial charge in [0.15, 0.2) is 0 Å². The first kappa shape index (κ1) is 10.6. The molecule has 0 aliphatic heterocycles. The van der Waals surface area contributed by atoms with Crippen LogP contribution in [0.2, 0.25) is 0 Å². The Bertz CT molecular complexity index is 304. The van der Waals surface area contributed by atoms with E-state index in [4.69, 9.17) is 11.0 Å². The highest BCUT2D eigenvalue weighted by Gasteiger charge is 2.00. The molecular formula is C8H10FN3. The van der Waals surface area contributed by atoms with Gasteiger partial charge in [0.05, 0.1) is 5.56 Å². The van der Waals surface area contributed by atoms with Crippen LogP contribution in [0.25, 0.3) is 0 Å². The van der Waals surface area contributed by atoms with E-state index >= 15 is 0 Å². The molecule has 0 unspecified atom stereocenters. The zero-order valence-electron chi connectivity index (χ0n) is 6.55. The van der Waals surface area contributed by atoms with Crippen LogP contribution in [0.1, 0.15) is 11.1 Å². The van der Waals surface area contributed by atoms with Crippen molar-refractivity contribution in [2.75, 3.05) is 0 Å². The van der Waals surface area contributed by atoms with Crippen molar-refractivity contribution in [1.82, 2.24) is 6.15 Å². The summed E-state index contributed by atoms with van der Waals surface area (Å²) in [5, 5.41) is 8.41. The predicted octanol–water partition coefficient (Wildman–Crippen LogP) is 1.32. The Morgan fingerprint density at radius 2 is 2.17 bits per heavy atom. The number of nitrogens with two attached hydrogens (primary N) is 1. The first-order chi connectivity index (χ1) is 5.27. The van der Waals surface area contributed by atoms with Gasteiger partial charge in [-0.15, -0.1) is 0 Å². The summed E-state index contributed by atoms with van der Waals surface area (Å²) in [5.74, 6) is -0.496. The van der Waals surface area contributed by atoms with Crippen LogP contribution in [0.4, 0.5) is 4.39 Å². The second-order valence-corrected chi connectivity index (χ2v) is 2.13. The highest BCUT2D eigenvalue weighted by molar-refractivity contribution is 5.34. The molecule has 0 amide bonds. The standard InChI is InChI=1S/C8H7FN2.H3N/c9-8-2-1-6(4-10)3-7(8)5-11;/h1-3H,4,10H2;1H3. The molecule has 0 aromatic heterocycles. The van der Waals surface area contributed by atoms with E-state index in [9.17, 15) is 4.39 Å². The van der Waals surface area contributed by atoms with Crippen molar-refractivity contribution in [3.63, 3.8) is 0 Å². The van der Waals surface area contributed by atoms with E-state index in [0.29, 0.717) is 6.54 Å². The first-order valence-corrected chi connectivity index (χ1v) is 3.16. The Balaban J connectivity index is 0.00000121. The Kier molecular flexibility index (Phi) is 3.91. The van der Waals surface area contributed by atoms with Gasteiger partial charge in [-0.1, -0.05) is 6.07 Å². The van der Waals surface area contributed by atoms with Crippen LogP contribution in [-0.2, 0) is 6.54 Å². The SMILES string of the molecule is N.N#Cc1cc(CN)ccc1F. The molecule has 0 saturated carbocycles. The molecule has 1 aromatic rings. The minimum atomic E-state index is -0.496. The number of nitriles is 1. The highest BCUT2D eigenvalue weighted by atomic mass is 19.1. The second kappa shape index (κ2) is 4.44. The van der Waals surface area contributed by atoms with Gasteiger partial charge in [-0.3, -0.25) is 0 Å². The Labute approximate surface area is 70.2 Å². The average Bonchev–Trinajstić information content (AvgIpc) is 2.05. The molecule has 0 aliphatic carbocycles. The zero-order valence-corrected chi connectivity index (χ0v) is 6.55. The summed E-state index contributed by atoms with van der Waals surface area (Å²) in [6.45, 7) is 0.328.